The molecular weight excluding hydrogens is 226 g/mol. The van der Waals surface area contributed by atoms with Gasteiger partial charge in [0, 0.05) is 18.6 Å². The van der Waals surface area contributed by atoms with Gasteiger partial charge in [0.2, 0.25) is 5.91 Å². The predicted molar refractivity (Wildman–Crippen MR) is 72.6 cm³/mol. The third-order valence-electron chi connectivity index (χ3n) is 4.77. The summed E-state index contributed by atoms with van der Waals surface area (Å²) in [6.45, 7) is 7.04. The molecule has 0 aromatic rings. The van der Waals surface area contributed by atoms with Crippen LogP contribution in [0, 0.1) is 11.3 Å². The van der Waals surface area contributed by atoms with E-state index in [9.17, 15) is 4.79 Å². The second-order valence-electron chi connectivity index (χ2n) is 6.48. The third kappa shape index (κ3) is 2.41. The number of carbonyl (C=O) groups is 1. The molecule has 3 N–H and O–H groups in total. The van der Waals surface area contributed by atoms with Crippen LogP contribution in [0.25, 0.3) is 0 Å². The van der Waals surface area contributed by atoms with E-state index in [4.69, 9.17) is 5.73 Å². The molecule has 1 saturated heterocycles. The van der Waals surface area contributed by atoms with E-state index in [1.54, 1.807) is 0 Å². The van der Waals surface area contributed by atoms with Crippen LogP contribution in [0.3, 0.4) is 0 Å². The van der Waals surface area contributed by atoms with Gasteiger partial charge in [0.05, 0.1) is 5.41 Å². The van der Waals surface area contributed by atoms with E-state index in [1.807, 2.05) is 0 Å². The number of nitrogens with zero attached hydrogens (tertiary/aromatic N) is 1. The number of nitrogens with two attached hydrogens (primary N) is 1. The van der Waals surface area contributed by atoms with Gasteiger partial charge in [-0.3, -0.25) is 10.2 Å². The van der Waals surface area contributed by atoms with Gasteiger partial charge in [-0.05, 0) is 45.4 Å². The highest BCUT2D eigenvalue weighted by Crippen LogP contribution is 2.45. The molecule has 2 fully saturated rings. The SMILES string of the molecule is CC1CC(CN)(C(=O)NN2C(C)CCCC2C)C1. The molecule has 4 heteroatoms. The summed E-state index contributed by atoms with van der Waals surface area (Å²) in [5.41, 5.74) is 8.68. The van der Waals surface area contributed by atoms with Crippen molar-refractivity contribution in [2.45, 2.75) is 65.0 Å². The molecule has 0 aromatic carbocycles. The van der Waals surface area contributed by atoms with E-state index in [-0.39, 0.29) is 11.3 Å². The maximum absolute atomic E-state index is 12.5. The number of hydrazine groups is 1. The van der Waals surface area contributed by atoms with Crippen molar-refractivity contribution in [3.63, 3.8) is 0 Å². The lowest BCUT2D eigenvalue weighted by Gasteiger charge is -2.47. The Balaban J connectivity index is 1.97. The van der Waals surface area contributed by atoms with E-state index < -0.39 is 0 Å². The second kappa shape index (κ2) is 5.17. The maximum atomic E-state index is 12.5. The van der Waals surface area contributed by atoms with Crippen molar-refractivity contribution in [3.8, 4) is 0 Å². The first-order valence-electron chi connectivity index (χ1n) is 7.28. The number of piperidine rings is 1. The Morgan fingerprint density at radius 1 is 1.28 bits per heavy atom. The van der Waals surface area contributed by atoms with Crippen LogP contribution in [0.4, 0.5) is 0 Å². The molecule has 0 aromatic heterocycles. The van der Waals surface area contributed by atoms with Crippen LogP contribution in [0.15, 0.2) is 0 Å². The lowest BCUT2D eigenvalue weighted by Crippen LogP contribution is -2.61. The summed E-state index contributed by atoms with van der Waals surface area (Å²) in [6, 6.07) is 0.870. The minimum atomic E-state index is -0.295. The average Bonchev–Trinajstić information content (AvgIpc) is 2.29. The van der Waals surface area contributed by atoms with Gasteiger partial charge in [0.15, 0.2) is 0 Å². The Bertz CT molecular complexity index is 302. The van der Waals surface area contributed by atoms with Crippen molar-refractivity contribution in [3.05, 3.63) is 0 Å². The van der Waals surface area contributed by atoms with Crippen LogP contribution < -0.4 is 11.2 Å². The quantitative estimate of drug-likeness (QED) is 0.804. The van der Waals surface area contributed by atoms with Crippen molar-refractivity contribution in [1.82, 2.24) is 10.4 Å². The van der Waals surface area contributed by atoms with Crippen molar-refractivity contribution in [2.75, 3.05) is 6.54 Å². The van der Waals surface area contributed by atoms with E-state index in [0.29, 0.717) is 24.5 Å². The monoisotopic (exact) mass is 253 g/mol. The van der Waals surface area contributed by atoms with Crippen LogP contribution in [0.1, 0.15) is 52.9 Å². The molecule has 104 valence electrons. The number of hydrogen-bond acceptors (Lipinski definition) is 3. The first-order valence-corrected chi connectivity index (χ1v) is 7.28. The highest BCUT2D eigenvalue weighted by Gasteiger charge is 2.48. The smallest absolute Gasteiger partial charge is 0.241 e. The zero-order chi connectivity index (χ0) is 13.3. The predicted octanol–water partition coefficient (Wildman–Crippen LogP) is 1.66. The van der Waals surface area contributed by atoms with Gasteiger partial charge in [0.25, 0.3) is 0 Å². The average molecular weight is 253 g/mol. The van der Waals surface area contributed by atoms with Crippen LogP contribution in [-0.4, -0.2) is 29.5 Å². The number of hydrogen-bond donors (Lipinski definition) is 2. The van der Waals surface area contributed by atoms with Gasteiger partial charge in [0.1, 0.15) is 0 Å². The first kappa shape index (κ1) is 13.8. The highest BCUT2D eigenvalue weighted by molar-refractivity contribution is 5.83. The fourth-order valence-electron chi connectivity index (χ4n) is 3.60. The molecule has 18 heavy (non-hydrogen) atoms. The Hall–Kier alpha value is -0.610. The molecule has 0 bridgehead atoms. The van der Waals surface area contributed by atoms with E-state index >= 15 is 0 Å². The third-order valence-corrected chi connectivity index (χ3v) is 4.77. The topological polar surface area (TPSA) is 58.4 Å². The molecular formula is C14H27N3O. The summed E-state index contributed by atoms with van der Waals surface area (Å²) in [5.74, 6) is 0.777. The van der Waals surface area contributed by atoms with Crippen LogP contribution in [0.5, 0.6) is 0 Å². The minimum absolute atomic E-state index is 0.142. The van der Waals surface area contributed by atoms with Gasteiger partial charge in [-0.15, -0.1) is 0 Å². The molecule has 2 atom stereocenters. The Kier molecular flexibility index (Phi) is 3.97. The Morgan fingerprint density at radius 3 is 2.28 bits per heavy atom. The molecule has 1 amide bonds. The summed E-state index contributed by atoms with van der Waals surface area (Å²) < 4.78 is 0. The van der Waals surface area contributed by atoms with Gasteiger partial charge < -0.3 is 5.73 Å². The molecule has 1 aliphatic carbocycles. The van der Waals surface area contributed by atoms with Gasteiger partial charge in [-0.25, -0.2) is 5.01 Å². The van der Waals surface area contributed by atoms with Crippen molar-refractivity contribution in [1.29, 1.82) is 0 Å². The molecule has 1 saturated carbocycles. The summed E-state index contributed by atoms with van der Waals surface area (Å²) in [7, 11) is 0. The summed E-state index contributed by atoms with van der Waals surface area (Å²) in [4.78, 5) is 12.5. The number of rotatable bonds is 3. The van der Waals surface area contributed by atoms with Crippen LogP contribution >= 0.6 is 0 Å². The molecule has 2 unspecified atom stereocenters. The molecule has 2 rings (SSSR count). The number of amides is 1. The standard InChI is InChI=1S/C14H27N3O/c1-10-7-14(8-10,9-15)13(18)16-17-11(2)5-4-6-12(17)3/h10-12H,4-9,15H2,1-3H3,(H,16,18). The van der Waals surface area contributed by atoms with E-state index in [0.717, 1.165) is 25.7 Å². The minimum Gasteiger partial charge on any atom is -0.329 e. The molecule has 1 heterocycles. The number of nitrogens with one attached hydrogen (secondary N) is 1. The second-order valence-corrected chi connectivity index (χ2v) is 6.48. The van der Waals surface area contributed by atoms with E-state index in [1.165, 1.54) is 6.42 Å². The number of carbonyl (C=O) groups excluding carboxylic acids is 1. The van der Waals surface area contributed by atoms with Crippen molar-refractivity contribution < 1.29 is 4.79 Å². The van der Waals surface area contributed by atoms with Gasteiger partial charge in [-0.2, -0.15) is 0 Å². The zero-order valence-corrected chi connectivity index (χ0v) is 11.9. The molecule has 4 nitrogen and oxygen atoms in total. The fraction of sp³-hybridized carbons (Fsp3) is 0.929. The van der Waals surface area contributed by atoms with Crippen molar-refractivity contribution >= 4 is 5.91 Å². The molecule has 2 aliphatic rings. The van der Waals surface area contributed by atoms with E-state index in [2.05, 4.69) is 31.2 Å². The van der Waals surface area contributed by atoms with Crippen molar-refractivity contribution in [2.24, 2.45) is 17.1 Å². The largest absolute Gasteiger partial charge is 0.329 e. The Labute approximate surface area is 110 Å². The molecule has 1 aliphatic heterocycles. The maximum Gasteiger partial charge on any atom is 0.241 e. The lowest BCUT2D eigenvalue weighted by molar-refractivity contribution is -0.146. The van der Waals surface area contributed by atoms with Gasteiger partial charge in [-0.1, -0.05) is 13.3 Å². The highest BCUT2D eigenvalue weighted by atomic mass is 16.2. The summed E-state index contributed by atoms with van der Waals surface area (Å²) in [6.07, 6.45) is 5.46. The van der Waals surface area contributed by atoms with Crippen LogP contribution in [0.2, 0.25) is 0 Å². The summed E-state index contributed by atoms with van der Waals surface area (Å²) >= 11 is 0. The van der Waals surface area contributed by atoms with Crippen LogP contribution in [-0.2, 0) is 4.79 Å². The summed E-state index contributed by atoms with van der Waals surface area (Å²) in [5, 5.41) is 2.15. The normalized spacial score (nSPS) is 41.2. The lowest BCUT2D eigenvalue weighted by atomic mass is 9.62. The zero-order valence-electron chi connectivity index (χ0n) is 11.9. The first-order chi connectivity index (χ1) is 8.48. The Morgan fingerprint density at radius 2 is 1.83 bits per heavy atom. The van der Waals surface area contributed by atoms with Gasteiger partial charge >= 0.3 is 0 Å². The fourth-order valence-corrected chi connectivity index (χ4v) is 3.60. The molecule has 0 radical (unpaired) electrons. The molecule has 0 spiro atoms.